The molecule has 2 rings (SSSR count). The van der Waals surface area contributed by atoms with Crippen LogP contribution in [-0.4, -0.2) is 47.5 Å². The van der Waals surface area contributed by atoms with Crippen molar-refractivity contribution in [1.29, 1.82) is 0 Å². The summed E-state index contributed by atoms with van der Waals surface area (Å²) in [6.07, 6.45) is 3.24. The summed E-state index contributed by atoms with van der Waals surface area (Å²) in [6, 6.07) is 9.50. The second kappa shape index (κ2) is 5.59. The minimum atomic E-state index is -0.518. The number of para-hydroxylation sites is 1. The van der Waals surface area contributed by atoms with Crippen LogP contribution in [0.25, 0.3) is 0 Å². The highest BCUT2D eigenvalue weighted by Gasteiger charge is 2.21. The van der Waals surface area contributed by atoms with E-state index < -0.39 is 6.10 Å². The molecule has 0 bridgehead atoms. The van der Waals surface area contributed by atoms with Gasteiger partial charge in [-0.25, -0.2) is 9.57 Å². The third-order valence-corrected chi connectivity index (χ3v) is 2.65. The van der Waals surface area contributed by atoms with E-state index in [-0.39, 0.29) is 6.17 Å². The summed E-state index contributed by atoms with van der Waals surface area (Å²) in [5.74, 6) is 0.779. The molecule has 1 aliphatic rings. The SMILES string of the molecule is CC1N=CC=[N+]1CC(O)COc1ccccc1. The maximum absolute atomic E-state index is 9.85. The number of aliphatic hydroxyl groups is 1. The molecule has 90 valence electrons. The molecule has 1 aromatic carbocycles. The van der Waals surface area contributed by atoms with Gasteiger partial charge in [0.15, 0.2) is 12.8 Å². The summed E-state index contributed by atoms with van der Waals surface area (Å²) in [6.45, 7) is 2.82. The predicted molar refractivity (Wildman–Crippen MR) is 67.1 cm³/mol. The zero-order valence-corrected chi connectivity index (χ0v) is 9.86. The highest BCUT2D eigenvalue weighted by molar-refractivity contribution is 6.14. The van der Waals surface area contributed by atoms with Gasteiger partial charge in [-0.3, -0.25) is 0 Å². The van der Waals surface area contributed by atoms with Gasteiger partial charge in [0.25, 0.3) is 0 Å². The first-order chi connectivity index (χ1) is 8.25. The van der Waals surface area contributed by atoms with Crippen LogP contribution in [0.1, 0.15) is 6.92 Å². The molecule has 0 spiro atoms. The monoisotopic (exact) mass is 233 g/mol. The Bertz CT molecular complexity index is 415. The van der Waals surface area contributed by atoms with E-state index in [0.717, 1.165) is 5.75 Å². The Morgan fingerprint density at radius 2 is 2.18 bits per heavy atom. The van der Waals surface area contributed by atoms with Crippen molar-refractivity contribution in [2.24, 2.45) is 4.99 Å². The van der Waals surface area contributed by atoms with Gasteiger partial charge in [0.2, 0.25) is 6.17 Å². The van der Waals surface area contributed by atoms with Gasteiger partial charge in [0, 0.05) is 6.92 Å². The summed E-state index contributed by atoms with van der Waals surface area (Å²) in [5, 5.41) is 9.85. The van der Waals surface area contributed by atoms with Crippen LogP contribution >= 0.6 is 0 Å². The number of ether oxygens (including phenoxy) is 1. The Balaban J connectivity index is 1.77. The molecule has 1 N–H and O–H groups in total. The molecule has 0 saturated heterocycles. The third kappa shape index (κ3) is 3.39. The van der Waals surface area contributed by atoms with E-state index in [1.807, 2.05) is 48.0 Å². The molecule has 1 aromatic rings. The van der Waals surface area contributed by atoms with E-state index in [1.54, 1.807) is 6.21 Å². The van der Waals surface area contributed by atoms with E-state index >= 15 is 0 Å². The average molecular weight is 233 g/mol. The first-order valence-corrected chi connectivity index (χ1v) is 5.74. The molecule has 0 aliphatic carbocycles. The molecule has 1 heterocycles. The summed E-state index contributed by atoms with van der Waals surface area (Å²) in [5.41, 5.74) is 0. The standard InChI is InChI=1S/C13H17N2O2/c1-11-14-7-8-15(11)9-12(16)10-17-13-5-3-2-4-6-13/h2-8,11-12,16H,9-10H2,1H3/q+1. The normalized spacial score (nSPS) is 20.1. The van der Waals surface area contributed by atoms with Gasteiger partial charge >= 0.3 is 0 Å². The van der Waals surface area contributed by atoms with Crippen molar-refractivity contribution in [2.45, 2.75) is 19.2 Å². The van der Waals surface area contributed by atoms with Gasteiger partial charge in [-0.2, -0.15) is 0 Å². The van der Waals surface area contributed by atoms with Crippen LogP contribution in [0.2, 0.25) is 0 Å². The zero-order chi connectivity index (χ0) is 12.1. The molecule has 0 fully saturated rings. The predicted octanol–water partition coefficient (Wildman–Crippen LogP) is 0.940. The summed E-state index contributed by atoms with van der Waals surface area (Å²) < 4.78 is 7.47. The molecule has 0 radical (unpaired) electrons. The molecule has 1 aliphatic heterocycles. The highest BCUT2D eigenvalue weighted by Crippen LogP contribution is 2.08. The van der Waals surface area contributed by atoms with Crippen LogP contribution < -0.4 is 4.74 Å². The Labute approximate surface area is 101 Å². The molecule has 2 unspecified atom stereocenters. The zero-order valence-electron chi connectivity index (χ0n) is 9.86. The topological polar surface area (TPSA) is 44.8 Å². The van der Waals surface area contributed by atoms with Gasteiger partial charge < -0.3 is 9.84 Å². The van der Waals surface area contributed by atoms with Gasteiger partial charge in [0.1, 0.15) is 18.5 Å². The van der Waals surface area contributed by atoms with Gasteiger partial charge in [-0.15, -0.1) is 0 Å². The van der Waals surface area contributed by atoms with Crippen LogP contribution in [0.5, 0.6) is 5.75 Å². The molecule has 2 atom stereocenters. The molecule has 0 saturated carbocycles. The van der Waals surface area contributed by atoms with Gasteiger partial charge in [-0.1, -0.05) is 18.2 Å². The van der Waals surface area contributed by atoms with Crippen LogP contribution in [0, 0.1) is 0 Å². The van der Waals surface area contributed by atoms with Crippen molar-refractivity contribution in [3.05, 3.63) is 30.3 Å². The lowest BCUT2D eigenvalue weighted by molar-refractivity contribution is -0.559. The minimum absolute atomic E-state index is 0.112. The van der Waals surface area contributed by atoms with Gasteiger partial charge in [-0.05, 0) is 12.1 Å². The lowest BCUT2D eigenvalue weighted by atomic mass is 10.3. The number of aliphatic hydroxyl groups excluding tert-OH is 1. The van der Waals surface area contributed by atoms with Crippen molar-refractivity contribution in [2.75, 3.05) is 13.2 Å². The van der Waals surface area contributed by atoms with Gasteiger partial charge in [0.05, 0.1) is 6.21 Å². The van der Waals surface area contributed by atoms with E-state index in [0.29, 0.717) is 13.2 Å². The Kier molecular flexibility index (Phi) is 3.88. The molecular weight excluding hydrogens is 216 g/mol. The Hall–Kier alpha value is -1.68. The van der Waals surface area contributed by atoms with Crippen molar-refractivity contribution in [1.82, 2.24) is 0 Å². The van der Waals surface area contributed by atoms with Crippen molar-refractivity contribution in [3.8, 4) is 5.75 Å². The molecular formula is C13H17N2O2+. The molecule has 0 aromatic heterocycles. The first-order valence-electron chi connectivity index (χ1n) is 5.74. The third-order valence-electron chi connectivity index (χ3n) is 2.65. The molecule has 17 heavy (non-hydrogen) atoms. The Morgan fingerprint density at radius 1 is 1.41 bits per heavy atom. The Morgan fingerprint density at radius 3 is 2.82 bits per heavy atom. The fourth-order valence-electron chi connectivity index (χ4n) is 1.68. The second-order valence-corrected chi connectivity index (χ2v) is 4.05. The number of nitrogens with zero attached hydrogens (tertiary/aromatic N) is 2. The number of hydrogen-bond donors (Lipinski definition) is 1. The highest BCUT2D eigenvalue weighted by atomic mass is 16.5. The van der Waals surface area contributed by atoms with Crippen molar-refractivity contribution >= 4 is 12.4 Å². The molecule has 0 amide bonds. The number of benzene rings is 1. The van der Waals surface area contributed by atoms with E-state index in [2.05, 4.69) is 4.99 Å². The summed E-state index contributed by atoms with van der Waals surface area (Å²) >= 11 is 0. The number of hydrogen-bond acceptors (Lipinski definition) is 3. The number of aliphatic imine (C=N–C) groups is 1. The van der Waals surface area contributed by atoms with Crippen LogP contribution in [0.3, 0.4) is 0 Å². The van der Waals surface area contributed by atoms with E-state index in [4.69, 9.17) is 4.74 Å². The molecule has 4 nitrogen and oxygen atoms in total. The van der Waals surface area contributed by atoms with Crippen molar-refractivity contribution in [3.63, 3.8) is 0 Å². The number of β-amino-alcohol motifs (C(OH)–C–C–N with tert-alkyl or cyclic N) is 1. The quantitative estimate of drug-likeness (QED) is 0.769. The minimum Gasteiger partial charge on any atom is -0.491 e. The van der Waals surface area contributed by atoms with E-state index in [9.17, 15) is 5.11 Å². The van der Waals surface area contributed by atoms with Crippen LogP contribution in [0.4, 0.5) is 0 Å². The fourth-order valence-corrected chi connectivity index (χ4v) is 1.68. The van der Waals surface area contributed by atoms with E-state index in [1.165, 1.54) is 0 Å². The summed E-state index contributed by atoms with van der Waals surface area (Å²) in [4.78, 5) is 4.18. The van der Waals surface area contributed by atoms with Crippen molar-refractivity contribution < 1.29 is 14.4 Å². The van der Waals surface area contributed by atoms with Crippen LogP contribution in [0.15, 0.2) is 35.3 Å². The lowest BCUT2D eigenvalue weighted by Gasteiger charge is -2.11. The van der Waals surface area contributed by atoms with Crippen LogP contribution in [-0.2, 0) is 0 Å². The maximum Gasteiger partial charge on any atom is 0.242 e. The fraction of sp³-hybridized carbons (Fsp3) is 0.385. The lowest BCUT2D eigenvalue weighted by Crippen LogP contribution is -2.32. The molecule has 4 heteroatoms. The largest absolute Gasteiger partial charge is 0.491 e. The average Bonchev–Trinajstić information content (AvgIpc) is 2.74. The summed E-state index contributed by atoms with van der Waals surface area (Å²) in [7, 11) is 0. The smallest absolute Gasteiger partial charge is 0.242 e. The first kappa shape index (κ1) is 11.8. The maximum atomic E-state index is 9.85. The number of rotatable bonds is 5. The second-order valence-electron chi connectivity index (χ2n) is 4.05.